The zero-order valence-electron chi connectivity index (χ0n) is 18.8. The highest BCUT2D eigenvalue weighted by molar-refractivity contribution is 8.76. The van der Waals surface area contributed by atoms with Crippen LogP contribution in [0, 0.1) is 5.92 Å². The number of amides is 4. The topological polar surface area (TPSA) is 143 Å². The third-order valence-electron chi connectivity index (χ3n) is 4.79. The van der Waals surface area contributed by atoms with Crippen molar-refractivity contribution >= 4 is 51.2 Å². The van der Waals surface area contributed by atoms with Crippen LogP contribution >= 0.6 is 21.6 Å². The summed E-state index contributed by atoms with van der Waals surface area (Å²) in [6, 6.07) is -1.84. The molecule has 0 aromatic heterocycles. The normalized spacial score (nSPS) is 28.8. The number of hydrogen-bond acceptors (Lipinski definition) is 8. The summed E-state index contributed by atoms with van der Waals surface area (Å²) in [6.07, 6.45) is 4.48. The molecular formula is C21H30N4O6S2. The molecule has 0 aromatic carbocycles. The number of ether oxygens (including phenoxy) is 1. The van der Waals surface area contributed by atoms with Crippen LogP contribution in [-0.2, 0) is 28.7 Å². The Morgan fingerprint density at radius 1 is 1.09 bits per heavy atom. The minimum atomic E-state index is -0.942. The lowest BCUT2D eigenvalue weighted by atomic mass is 10.0. The molecule has 0 spiro atoms. The molecule has 182 valence electrons. The average Bonchev–Trinajstić information content (AvgIpc) is 2.76. The van der Waals surface area contributed by atoms with E-state index in [2.05, 4.69) is 21.3 Å². The molecule has 33 heavy (non-hydrogen) atoms. The quantitative estimate of drug-likeness (QED) is 0.176. The van der Waals surface area contributed by atoms with E-state index >= 15 is 0 Å². The molecule has 0 aliphatic carbocycles. The average molecular weight is 499 g/mol. The minimum absolute atomic E-state index is 0.0497. The summed E-state index contributed by atoms with van der Waals surface area (Å²) in [6.45, 7) is 4.68. The van der Waals surface area contributed by atoms with E-state index in [0.717, 1.165) is 0 Å². The zero-order chi connectivity index (χ0) is 24.4. The highest BCUT2D eigenvalue weighted by atomic mass is 33.1. The van der Waals surface area contributed by atoms with Crippen molar-refractivity contribution in [2.45, 2.75) is 51.8 Å². The Labute approximate surface area is 200 Å². The van der Waals surface area contributed by atoms with E-state index in [1.54, 1.807) is 26.8 Å². The summed E-state index contributed by atoms with van der Waals surface area (Å²) in [5, 5.41) is 10.3. The van der Waals surface area contributed by atoms with Crippen molar-refractivity contribution < 1.29 is 28.7 Å². The maximum Gasteiger partial charge on any atom is 0.326 e. The van der Waals surface area contributed by atoms with Crippen molar-refractivity contribution in [3.8, 4) is 0 Å². The molecular weight excluding hydrogens is 468 g/mol. The number of carbonyl (C=O) groups is 5. The van der Waals surface area contributed by atoms with Crippen LogP contribution < -0.4 is 21.3 Å². The summed E-state index contributed by atoms with van der Waals surface area (Å²) in [5.41, 5.74) is -0.0497. The molecule has 0 aromatic rings. The molecule has 2 heterocycles. The van der Waals surface area contributed by atoms with Gasteiger partial charge in [0.15, 0.2) is 0 Å². The van der Waals surface area contributed by atoms with Gasteiger partial charge in [0, 0.05) is 11.5 Å². The lowest BCUT2D eigenvalue weighted by Crippen LogP contribution is -2.56. The first-order valence-corrected chi connectivity index (χ1v) is 13.2. The third kappa shape index (κ3) is 8.77. The van der Waals surface area contributed by atoms with Crippen molar-refractivity contribution in [1.82, 2.24) is 21.3 Å². The van der Waals surface area contributed by atoms with Crippen molar-refractivity contribution in [2.75, 3.05) is 18.1 Å². The molecule has 4 N–H and O–H groups in total. The first-order chi connectivity index (χ1) is 15.7. The van der Waals surface area contributed by atoms with Crippen LogP contribution in [-0.4, -0.2) is 65.8 Å². The van der Waals surface area contributed by atoms with E-state index in [4.69, 9.17) is 4.74 Å². The second-order valence-electron chi connectivity index (χ2n) is 7.78. The summed E-state index contributed by atoms with van der Waals surface area (Å²) in [4.78, 5) is 63.3. The van der Waals surface area contributed by atoms with Crippen LogP contribution in [0.3, 0.4) is 0 Å². The van der Waals surface area contributed by atoms with Gasteiger partial charge in [0.25, 0.3) is 5.91 Å². The molecule has 1 saturated heterocycles. The predicted molar refractivity (Wildman–Crippen MR) is 127 cm³/mol. The summed E-state index contributed by atoms with van der Waals surface area (Å²) < 4.78 is 5.38. The molecule has 1 fully saturated rings. The monoisotopic (exact) mass is 498 g/mol. The van der Waals surface area contributed by atoms with Gasteiger partial charge in [0.2, 0.25) is 17.7 Å². The van der Waals surface area contributed by atoms with Gasteiger partial charge in [0.05, 0.1) is 6.42 Å². The van der Waals surface area contributed by atoms with Gasteiger partial charge in [-0.25, -0.2) is 0 Å². The van der Waals surface area contributed by atoms with Crippen molar-refractivity contribution in [1.29, 1.82) is 0 Å². The number of rotatable bonds is 1. The minimum Gasteiger partial charge on any atom is -0.456 e. The Morgan fingerprint density at radius 2 is 1.85 bits per heavy atom. The van der Waals surface area contributed by atoms with Gasteiger partial charge in [-0.1, -0.05) is 47.6 Å². The van der Waals surface area contributed by atoms with Gasteiger partial charge in [-0.15, -0.1) is 0 Å². The second kappa shape index (κ2) is 13.3. The summed E-state index contributed by atoms with van der Waals surface area (Å²) in [5.74, 6) is -2.25. The molecule has 2 aliphatic heterocycles. The fraction of sp³-hybridized carbons (Fsp3) is 0.571. The van der Waals surface area contributed by atoms with Crippen LogP contribution in [0.15, 0.2) is 23.9 Å². The van der Waals surface area contributed by atoms with E-state index < -0.39 is 54.3 Å². The smallest absolute Gasteiger partial charge is 0.326 e. The highest BCUT2D eigenvalue weighted by Crippen LogP contribution is 2.23. The first-order valence-electron chi connectivity index (χ1n) is 10.7. The van der Waals surface area contributed by atoms with Crippen LogP contribution in [0.5, 0.6) is 0 Å². The Balaban J connectivity index is 2.45. The summed E-state index contributed by atoms with van der Waals surface area (Å²) >= 11 is 0. The standard InChI is InChI=1S/C21H30N4O6S2/c1-4-14-19(28)22-10-17(27)31-13-7-5-6-8-32-33-11-15(20(29)23-14)24-21(30)18(12(2)3)25-16(26)9-13/h4-5,7,12-13,15,18H,6,8-11H2,1-3H3,(H,22,28)(H,23,29)(H,24,30)(H,25,26)/b7-5+,14-4-/t13?,15?,18-/m1/s1. The molecule has 10 nitrogen and oxygen atoms in total. The van der Waals surface area contributed by atoms with E-state index in [1.807, 2.05) is 6.08 Å². The molecule has 2 rings (SSSR count). The van der Waals surface area contributed by atoms with Gasteiger partial charge in [-0.3, -0.25) is 24.0 Å². The van der Waals surface area contributed by atoms with E-state index in [0.29, 0.717) is 12.2 Å². The van der Waals surface area contributed by atoms with E-state index in [-0.39, 0.29) is 23.8 Å². The zero-order valence-corrected chi connectivity index (χ0v) is 20.5. The fourth-order valence-corrected chi connectivity index (χ4v) is 5.18. The molecule has 0 radical (unpaired) electrons. The number of esters is 1. The van der Waals surface area contributed by atoms with Crippen LogP contribution in [0.2, 0.25) is 0 Å². The van der Waals surface area contributed by atoms with Gasteiger partial charge < -0.3 is 26.0 Å². The van der Waals surface area contributed by atoms with Gasteiger partial charge in [-0.2, -0.15) is 0 Å². The molecule has 12 heteroatoms. The second-order valence-corrected chi connectivity index (χ2v) is 10.4. The van der Waals surface area contributed by atoms with Gasteiger partial charge in [0.1, 0.15) is 30.4 Å². The molecule has 4 amide bonds. The van der Waals surface area contributed by atoms with Crippen LogP contribution in [0.25, 0.3) is 0 Å². The first kappa shape index (κ1) is 26.8. The largest absolute Gasteiger partial charge is 0.456 e. The Hall–Kier alpha value is -2.47. The number of allylic oxidation sites excluding steroid dienone is 2. The molecule has 0 saturated carbocycles. The van der Waals surface area contributed by atoms with Crippen LogP contribution in [0.4, 0.5) is 0 Å². The summed E-state index contributed by atoms with van der Waals surface area (Å²) in [7, 11) is 2.94. The van der Waals surface area contributed by atoms with Crippen molar-refractivity contribution in [2.24, 2.45) is 5.92 Å². The maximum absolute atomic E-state index is 13.0. The Morgan fingerprint density at radius 3 is 2.55 bits per heavy atom. The van der Waals surface area contributed by atoms with Crippen LogP contribution in [0.1, 0.15) is 33.6 Å². The lowest BCUT2D eigenvalue weighted by molar-refractivity contribution is -0.148. The van der Waals surface area contributed by atoms with Crippen molar-refractivity contribution in [3.63, 3.8) is 0 Å². The Kier molecular flexibility index (Phi) is 10.8. The Bertz CT molecular complexity index is 830. The van der Waals surface area contributed by atoms with E-state index in [9.17, 15) is 24.0 Å². The van der Waals surface area contributed by atoms with E-state index in [1.165, 1.54) is 27.7 Å². The number of carbonyl (C=O) groups excluding carboxylic acids is 5. The number of fused-ring (bicyclic) bond motifs is 7. The predicted octanol–water partition coefficient (Wildman–Crippen LogP) is 0.405. The molecule has 3 atom stereocenters. The van der Waals surface area contributed by atoms with Gasteiger partial charge >= 0.3 is 5.97 Å². The SMILES string of the molecule is C/C=C1\NC(=O)C2CSSCC/C=C/C(CC(=O)N[C@H](C(C)C)C(=O)N2)OC(=O)CNC1=O. The number of hydrogen-bond donors (Lipinski definition) is 4. The maximum atomic E-state index is 13.0. The highest BCUT2D eigenvalue weighted by Gasteiger charge is 2.31. The third-order valence-corrected chi connectivity index (χ3v) is 7.24. The van der Waals surface area contributed by atoms with Crippen molar-refractivity contribution in [3.05, 3.63) is 23.9 Å². The fourth-order valence-electron chi connectivity index (χ4n) is 3.02. The van der Waals surface area contributed by atoms with Gasteiger partial charge in [-0.05, 0) is 25.3 Å². The molecule has 2 bridgehead atoms. The molecule has 2 unspecified atom stereocenters. The number of nitrogens with one attached hydrogen (secondary N) is 4. The molecule has 2 aliphatic rings. The lowest BCUT2D eigenvalue weighted by Gasteiger charge is -2.26.